The third-order valence-electron chi connectivity index (χ3n) is 3.22. The van der Waals surface area contributed by atoms with Crippen molar-refractivity contribution in [2.75, 3.05) is 0 Å². The van der Waals surface area contributed by atoms with Gasteiger partial charge in [0, 0.05) is 6.04 Å². The average molecular weight is 169 g/mol. The van der Waals surface area contributed by atoms with E-state index in [2.05, 4.69) is 20.8 Å². The Labute approximate surface area is 76.7 Å². The number of nitrogens with two attached hydrogens (primary N) is 1. The van der Waals surface area contributed by atoms with Crippen molar-refractivity contribution in [2.24, 2.45) is 23.5 Å². The maximum Gasteiger partial charge on any atom is 0.00721 e. The first-order valence-corrected chi connectivity index (χ1v) is 5.37. The summed E-state index contributed by atoms with van der Waals surface area (Å²) in [4.78, 5) is 0. The first-order chi connectivity index (χ1) is 5.61. The van der Waals surface area contributed by atoms with E-state index in [-0.39, 0.29) is 0 Å². The van der Waals surface area contributed by atoms with Gasteiger partial charge in [0.2, 0.25) is 0 Å². The summed E-state index contributed by atoms with van der Waals surface area (Å²) in [5, 5.41) is 0. The van der Waals surface area contributed by atoms with Crippen molar-refractivity contribution in [3.8, 4) is 0 Å². The highest BCUT2D eigenvalue weighted by Gasteiger charge is 2.28. The molecule has 0 heterocycles. The summed E-state index contributed by atoms with van der Waals surface area (Å²) in [6, 6.07) is 0.461. The zero-order valence-corrected chi connectivity index (χ0v) is 8.72. The van der Waals surface area contributed by atoms with E-state index in [0.29, 0.717) is 6.04 Å². The molecule has 0 aromatic carbocycles. The van der Waals surface area contributed by atoms with E-state index >= 15 is 0 Å². The average Bonchev–Trinajstić information content (AvgIpc) is 2.33. The third kappa shape index (κ3) is 2.48. The molecule has 1 nitrogen and oxygen atoms in total. The summed E-state index contributed by atoms with van der Waals surface area (Å²) >= 11 is 0. The minimum atomic E-state index is 0.461. The van der Waals surface area contributed by atoms with Gasteiger partial charge in [-0.05, 0) is 30.6 Å². The first-order valence-electron chi connectivity index (χ1n) is 5.37. The van der Waals surface area contributed by atoms with Crippen LogP contribution < -0.4 is 5.73 Å². The maximum atomic E-state index is 6.17. The molecule has 12 heavy (non-hydrogen) atoms. The summed E-state index contributed by atoms with van der Waals surface area (Å²) in [5.41, 5.74) is 6.17. The Morgan fingerprint density at radius 1 is 1.33 bits per heavy atom. The summed E-state index contributed by atoms with van der Waals surface area (Å²) in [5.74, 6) is 2.44. The zero-order valence-electron chi connectivity index (χ0n) is 8.72. The van der Waals surface area contributed by atoms with Crippen LogP contribution in [-0.2, 0) is 0 Å². The van der Waals surface area contributed by atoms with Crippen molar-refractivity contribution in [2.45, 2.75) is 52.5 Å². The van der Waals surface area contributed by atoms with Crippen LogP contribution in [-0.4, -0.2) is 6.04 Å². The molecule has 0 aromatic rings. The molecule has 1 aliphatic rings. The number of hydrogen-bond acceptors (Lipinski definition) is 1. The Balaban J connectivity index is 2.35. The van der Waals surface area contributed by atoms with Crippen molar-refractivity contribution in [1.29, 1.82) is 0 Å². The molecule has 0 spiro atoms. The van der Waals surface area contributed by atoms with E-state index in [1.54, 1.807) is 0 Å². The molecule has 3 atom stereocenters. The maximum absolute atomic E-state index is 6.17. The molecule has 1 rings (SSSR count). The highest BCUT2D eigenvalue weighted by molar-refractivity contribution is 4.83. The van der Waals surface area contributed by atoms with Crippen LogP contribution in [0.1, 0.15) is 46.5 Å². The lowest BCUT2D eigenvalue weighted by molar-refractivity contribution is 0.308. The molecule has 0 aromatic heterocycles. The van der Waals surface area contributed by atoms with Crippen LogP contribution in [0.15, 0.2) is 0 Å². The SMILES string of the molecule is CC(C)CC(N)C1CCCC1C. The van der Waals surface area contributed by atoms with Gasteiger partial charge in [-0.25, -0.2) is 0 Å². The molecule has 0 radical (unpaired) electrons. The molecule has 3 unspecified atom stereocenters. The van der Waals surface area contributed by atoms with Crippen LogP contribution in [0.5, 0.6) is 0 Å². The second kappa shape index (κ2) is 4.27. The lowest BCUT2D eigenvalue weighted by Crippen LogP contribution is -2.32. The van der Waals surface area contributed by atoms with Gasteiger partial charge in [-0.3, -0.25) is 0 Å². The quantitative estimate of drug-likeness (QED) is 0.690. The molecular formula is C11H23N. The summed E-state index contributed by atoms with van der Waals surface area (Å²) in [6.07, 6.45) is 5.37. The summed E-state index contributed by atoms with van der Waals surface area (Å²) in [6.45, 7) is 6.89. The van der Waals surface area contributed by atoms with Crippen molar-refractivity contribution in [3.63, 3.8) is 0 Å². The molecule has 1 aliphatic carbocycles. The van der Waals surface area contributed by atoms with Crippen LogP contribution in [0.4, 0.5) is 0 Å². The predicted octanol–water partition coefficient (Wildman–Crippen LogP) is 2.80. The standard InChI is InChI=1S/C11H23N/c1-8(2)7-11(12)10-6-4-5-9(10)3/h8-11H,4-7,12H2,1-3H3. The smallest absolute Gasteiger partial charge is 0.00721 e. The van der Waals surface area contributed by atoms with Gasteiger partial charge in [0.15, 0.2) is 0 Å². The van der Waals surface area contributed by atoms with Gasteiger partial charge < -0.3 is 5.73 Å². The molecule has 2 N–H and O–H groups in total. The van der Waals surface area contributed by atoms with Crippen molar-refractivity contribution < 1.29 is 0 Å². The lowest BCUT2D eigenvalue weighted by Gasteiger charge is -2.24. The first kappa shape index (κ1) is 10.0. The van der Waals surface area contributed by atoms with Gasteiger partial charge in [0.1, 0.15) is 0 Å². The highest BCUT2D eigenvalue weighted by atomic mass is 14.7. The summed E-state index contributed by atoms with van der Waals surface area (Å²) < 4.78 is 0. The van der Waals surface area contributed by atoms with Crippen molar-refractivity contribution >= 4 is 0 Å². The van der Waals surface area contributed by atoms with Gasteiger partial charge in [-0.2, -0.15) is 0 Å². The highest BCUT2D eigenvalue weighted by Crippen LogP contribution is 2.34. The van der Waals surface area contributed by atoms with E-state index in [0.717, 1.165) is 17.8 Å². The second-order valence-corrected chi connectivity index (χ2v) is 4.87. The monoisotopic (exact) mass is 169 g/mol. The molecule has 0 amide bonds. The van der Waals surface area contributed by atoms with Gasteiger partial charge in [0.05, 0.1) is 0 Å². The molecule has 0 aliphatic heterocycles. The zero-order chi connectivity index (χ0) is 9.14. The van der Waals surface area contributed by atoms with Gasteiger partial charge >= 0.3 is 0 Å². The van der Waals surface area contributed by atoms with Crippen LogP contribution in [0.2, 0.25) is 0 Å². The van der Waals surface area contributed by atoms with Gasteiger partial charge in [-0.1, -0.05) is 33.6 Å². The molecule has 1 heteroatoms. The second-order valence-electron chi connectivity index (χ2n) is 4.87. The van der Waals surface area contributed by atoms with Crippen LogP contribution in [0.3, 0.4) is 0 Å². The molecule has 1 saturated carbocycles. The predicted molar refractivity (Wildman–Crippen MR) is 53.9 cm³/mol. The van der Waals surface area contributed by atoms with Crippen molar-refractivity contribution in [3.05, 3.63) is 0 Å². The van der Waals surface area contributed by atoms with E-state index in [9.17, 15) is 0 Å². The Morgan fingerprint density at radius 2 is 2.00 bits per heavy atom. The lowest BCUT2D eigenvalue weighted by atomic mass is 9.86. The molecule has 0 saturated heterocycles. The minimum absolute atomic E-state index is 0.461. The van der Waals surface area contributed by atoms with Crippen LogP contribution in [0.25, 0.3) is 0 Å². The fourth-order valence-electron chi connectivity index (χ4n) is 2.53. The Morgan fingerprint density at radius 3 is 2.42 bits per heavy atom. The Kier molecular flexibility index (Phi) is 3.57. The van der Waals surface area contributed by atoms with E-state index < -0.39 is 0 Å². The topological polar surface area (TPSA) is 26.0 Å². The molecular weight excluding hydrogens is 146 g/mol. The molecule has 0 bridgehead atoms. The molecule has 1 fully saturated rings. The largest absolute Gasteiger partial charge is 0.327 e. The number of hydrogen-bond donors (Lipinski definition) is 1. The van der Waals surface area contributed by atoms with Crippen LogP contribution in [0, 0.1) is 17.8 Å². The summed E-state index contributed by atoms with van der Waals surface area (Å²) in [7, 11) is 0. The van der Waals surface area contributed by atoms with E-state index in [1.807, 2.05) is 0 Å². The van der Waals surface area contributed by atoms with E-state index in [4.69, 9.17) is 5.73 Å². The Hall–Kier alpha value is -0.0400. The van der Waals surface area contributed by atoms with Crippen molar-refractivity contribution in [1.82, 2.24) is 0 Å². The fourth-order valence-corrected chi connectivity index (χ4v) is 2.53. The van der Waals surface area contributed by atoms with Gasteiger partial charge in [0.25, 0.3) is 0 Å². The van der Waals surface area contributed by atoms with Crippen LogP contribution >= 0.6 is 0 Å². The normalized spacial score (nSPS) is 32.8. The van der Waals surface area contributed by atoms with Gasteiger partial charge in [-0.15, -0.1) is 0 Å². The minimum Gasteiger partial charge on any atom is -0.327 e. The fraction of sp³-hybridized carbons (Fsp3) is 1.00. The Bertz CT molecular complexity index is 131. The third-order valence-corrected chi connectivity index (χ3v) is 3.22. The van der Waals surface area contributed by atoms with E-state index in [1.165, 1.54) is 25.7 Å². The number of rotatable bonds is 3. The molecule has 72 valence electrons.